The molecule has 2 aromatic heterocycles. The number of rotatable bonds is 9. The van der Waals surface area contributed by atoms with Crippen LogP contribution in [0.15, 0.2) is 85.2 Å². The number of hydrogen-bond donors (Lipinski definition) is 1. The normalized spacial score (nSPS) is 15.4. The number of hydrogen-bond acceptors (Lipinski definition) is 7. The SMILES string of the molecule is N[C@@H](Cc1ccccc1)C(=O)Oc1cccc(C2CCN(Cc3cn(Cc4ccccn4)nn3)CC2)c1. The van der Waals surface area contributed by atoms with Gasteiger partial charge in [0.15, 0.2) is 0 Å². The van der Waals surface area contributed by atoms with Crippen LogP contribution in [0.3, 0.4) is 0 Å². The van der Waals surface area contributed by atoms with Crippen molar-refractivity contribution in [2.24, 2.45) is 5.73 Å². The average Bonchev–Trinajstić information content (AvgIpc) is 3.37. The smallest absolute Gasteiger partial charge is 0.328 e. The molecule has 1 saturated heterocycles. The lowest BCUT2D eigenvalue weighted by atomic mass is 9.89. The second kappa shape index (κ2) is 11.9. The highest BCUT2D eigenvalue weighted by Gasteiger charge is 2.23. The van der Waals surface area contributed by atoms with Crippen molar-refractivity contribution in [2.75, 3.05) is 13.1 Å². The minimum Gasteiger partial charge on any atom is -0.425 e. The quantitative estimate of drug-likeness (QED) is 0.279. The third kappa shape index (κ3) is 6.87. The largest absolute Gasteiger partial charge is 0.425 e. The molecule has 2 N–H and O–H groups in total. The molecule has 0 bridgehead atoms. The van der Waals surface area contributed by atoms with E-state index in [2.05, 4.69) is 26.3 Å². The van der Waals surface area contributed by atoms with Gasteiger partial charge in [-0.1, -0.05) is 53.7 Å². The Bertz CT molecular complexity index is 1290. The van der Waals surface area contributed by atoms with Gasteiger partial charge < -0.3 is 10.5 Å². The van der Waals surface area contributed by atoms with Crippen molar-refractivity contribution in [3.8, 4) is 5.75 Å². The highest BCUT2D eigenvalue weighted by atomic mass is 16.5. The second-order valence-electron chi connectivity index (χ2n) is 9.57. The summed E-state index contributed by atoms with van der Waals surface area (Å²) in [5.74, 6) is 0.567. The minimum atomic E-state index is -0.698. The fourth-order valence-electron chi connectivity index (χ4n) is 4.77. The van der Waals surface area contributed by atoms with Gasteiger partial charge in [-0.15, -0.1) is 5.10 Å². The molecular formula is C29H32N6O2. The molecule has 0 radical (unpaired) electrons. The summed E-state index contributed by atoms with van der Waals surface area (Å²) in [6.07, 6.45) is 6.31. The lowest BCUT2D eigenvalue weighted by Crippen LogP contribution is -2.36. The molecule has 1 aliphatic rings. The number of carbonyl (C=O) groups excluding carboxylic acids is 1. The number of benzene rings is 2. The van der Waals surface area contributed by atoms with Crippen LogP contribution in [0.1, 0.15) is 41.3 Å². The van der Waals surface area contributed by atoms with E-state index in [1.54, 1.807) is 6.20 Å². The Balaban J connectivity index is 1.11. The van der Waals surface area contributed by atoms with Crippen LogP contribution < -0.4 is 10.5 Å². The Hall–Kier alpha value is -3.88. The van der Waals surface area contributed by atoms with Gasteiger partial charge in [0, 0.05) is 12.7 Å². The molecule has 1 aliphatic heterocycles. The Morgan fingerprint density at radius 3 is 2.57 bits per heavy atom. The Morgan fingerprint density at radius 2 is 1.78 bits per heavy atom. The summed E-state index contributed by atoms with van der Waals surface area (Å²) in [7, 11) is 0. The summed E-state index contributed by atoms with van der Waals surface area (Å²) in [5.41, 5.74) is 10.2. The molecule has 0 spiro atoms. The van der Waals surface area contributed by atoms with E-state index in [4.69, 9.17) is 10.5 Å². The number of pyridine rings is 1. The zero-order chi connectivity index (χ0) is 25.5. The van der Waals surface area contributed by atoms with Crippen LogP contribution in [-0.2, 0) is 24.3 Å². The molecule has 4 aromatic rings. The maximum Gasteiger partial charge on any atom is 0.328 e. The molecule has 190 valence electrons. The number of carbonyl (C=O) groups is 1. The van der Waals surface area contributed by atoms with Crippen LogP contribution in [0.25, 0.3) is 0 Å². The number of aromatic nitrogens is 4. The summed E-state index contributed by atoms with van der Waals surface area (Å²) in [6, 6.07) is 22.8. The summed E-state index contributed by atoms with van der Waals surface area (Å²) < 4.78 is 7.46. The molecule has 5 rings (SSSR count). The Labute approximate surface area is 217 Å². The van der Waals surface area contributed by atoms with Crippen molar-refractivity contribution >= 4 is 5.97 Å². The molecule has 0 unspecified atom stereocenters. The Kier molecular flexibility index (Phi) is 7.98. The van der Waals surface area contributed by atoms with Crippen LogP contribution in [0.2, 0.25) is 0 Å². The first-order valence-corrected chi connectivity index (χ1v) is 12.7. The van der Waals surface area contributed by atoms with Gasteiger partial charge in [-0.05, 0) is 73.7 Å². The van der Waals surface area contributed by atoms with Gasteiger partial charge in [-0.2, -0.15) is 0 Å². The molecule has 0 aliphatic carbocycles. The first-order chi connectivity index (χ1) is 18.1. The lowest BCUT2D eigenvalue weighted by molar-refractivity contribution is -0.135. The van der Waals surface area contributed by atoms with E-state index < -0.39 is 12.0 Å². The third-order valence-corrected chi connectivity index (χ3v) is 6.76. The third-order valence-electron chi connectivity index (χ3n) is 6.76. The molecule has 1 atom stereocenters. The number of nitrogens with zero attached hydrogens (tertiary/aromatic N) is 5. The molecule has 3 heterocycles. The predicted octanol–water partition coefficient (Wildman–Crippen LogP) is 3.58. The molecule has 0 saturated carbocycles. The monoisotopic (exact) mass is 496 g/mol. The van der Waals surface area contributed by atoms with Crippen molar-refractivity contribution in [2.45, 2.75) is 44.3 Å². The highest BCUT2D eigenvalue weighted by molar-refractivity contribution is 5.78. The topological polar surface area (TPSA) is 99.2 Å². The van der Waals surface area contributed by atoms with E-state index in [1.165, 1.54) is 5.56 Å². The van der Waals surface area contributed by atoms with Gasteiger partial charge in [-0.25, -0.2) is 9.48 Å². The zero-order valence-electron chi connectivity index (χ0n) is 20.8. The summed E-state index contributed by atoms with van der Waals surface area (Å²) in [4.78, 5) is 19.3. The average molecular weight is 497 g/mol. The van der Waals surface area contributed by atoms with Crippen LogP contribution in [0.4, 0.5) is 0 Å². The maximum atomic E-state index is 12.6. The van der Waals surface area contributed by atoms with E-state index in [-0.39, 0.29) is 0 Å². The lowest BCUT2D eigenvalue weighted by Gasteiger charge is -2.31. The van der Waals surface area contributed by atoms with Crippen LogP contribution >= 0.6 is 0 Å². The number of esters is 1. The van der Waals surface area contributed by atoms with Crippen molar-refractivity contribution in [3.63, 3.8) is 0 Å². The van der Waals surface area contributed by atoms with Gasteiger partial charge in [0.2, 0.25) is 0 Å². The van der Waals surface area contributed by atoms with E-state index in [0.717, 1.165) is 49.4 Å². The van der Waals surface area contributed by atoms with E-state index >= 15 is 0 Å². The molecular weight excluding hydrogens is 464 g/mol. The predicted molar refractivity (Wildman–Crippen MR) is 141 cm³/mol. The van der Waals surface area contributed by atoms with Gasteiger partial charge >= 0.3 is 5.97 Å². The van der Waals surface area contributed by atoms with Gasteiger partial charge in [0.05, 0.1) is 24.1 Å². The number of likely N-dealkylation sites (tertiary alicyclic amines) is 1. The molecule has 0 amide bonds. The molecule has 8 nitrogen and oxygen atoms in total. The summed E-state index contributed by atoms with van der Waals surface area (Å²) >= 11 is 0. The molecule has 37 heavy (non-hydrogen) atoms. The fraction of sp³-hybridized carbons (Fsp3) is 0.310. The van der Waals surface area contributed by atoms with Crippen molar-refractivity contribution < 1.29 is 9.53 Å². The van der Waals surface area contributed by atoms with Crippen molar-refractivity contribution in [1.82, 2.24) is 24.9 Å². The number of ether oxygens (including phenoxy) is 1. The van der Waals surface area contributed by atoms with E-state index in [0.29, 0.717) is 24.6 Å². The Morgan fingerprint density at radius 1 is 0.973 bits per heavy atom. The van der Waals surface area contributed by atoms with Gasteiger partial charge in [0.1, 0.15) is 11.8 Å². The fourth-order valence-corrected chi connectivity index (χ4v) is 4.77. The number of piperidine rings is 1. The maximum absolute atomic E-state index is 12.6. The first-order valence-electron chi connectivity index (χ1n) is 12.7. The first kappa shape index (κ1) is 24.8. The minimum absolute atomic E-state index is 0.410. The summed E-state index contributed by atoms with van der Waals surface area (Å²) in [6.45, 7) is 3.35. The molecule has 2 aromatic carbocycles. The second-order valence-corrected chi connectivity index (χ2v) is 9.57. The van der Waals surface area contributed by atoms with Crippen LogP contribution in [0.5, 0.6) is 5.75 Å². The summed E-state index contributed by atoms with van der Waals surface area (Å²) in [5, 5.41) is 8.61. The standard InChI is InChI=1S/C29H32N6O2/c30-28(17-22-7-2-1-3-8-22)29(36)37-27-11-6-9-24(18-27)23-12-15-34(16-13-23)19-26-21-35(33-32-26)20-25-10-4-5-14-31-25/h1-11,14,18,21,23,28H,12-13,15-17,19-20,30H2/t28-/m0/s1. The van der Waals surface area contributed by atoms with E-state index in [9.17, 15) is 4.79 Å². The van der Waals surface area contributed by atoms with Crippen LogP contribution in [-0.4, -0.2) is 50.0 Å². The van der Waals surface area contributed by atoms with Crippen molar-refractivity contribution in [1.29, 1.82) is 0 Å². The molecule has 8 heteroatoms. The molecule has 1 fully saturated rings. The zero-order valence-corrected chi connectivity index (χ0v) is 20.8. The van der Waals surface area contributed by atoms with Gasteiger partial charge in [0.25, 0.3) is 0 Å². The highest BCUT2D eigenvalue weighted by Crippen LogP contribution is 2.30. The number of nitrogens with two attached hydrogens (primary N) is 1. The van der Waals surface area contributed by atoms with Crippen molar-refractivity contribution in [3.05, 3.63) is 108 Å². The van der Waals surface area contributed by atoms with E-state index in [1.807, 2.05) is 77.6 Å². The van der Waals surface area contributed by atoms with Crippen LogP contribution in [0, 0.1) is 0 Å². The van der Waals surface area contributed by atoms with Gasteiger partial charge in [-0.3, -0.25) is 9.88 Å².